The number of rotatable bonds is 9. The van der Waals surface area contributed by atoms with E-state index in [1.165, 1.54) is 24.2 Å². The third-order valence-corrected chi connectivity index (χ3v) is 6.71. The van der Waals surface area contributed by atoms with Crippen LogP contribution in [-0.4, -0.2) is 100 Å². The third-order valence-electron chi connectivity index (χ3n) is 6.71. The Balaban J connectivity index is 1.27. The third kappa shape index (κ3) is 7.64. The molecule has 7 heteroatoms. The molecule has 3 rings (SSSR count). The standard InChI is InChI=1S/C25H44N6O/c1-22-8-7-9-23(20-22)30-14-12-29(13-15-30)11-6-5-10-27-24(26-4)28-21-25(2,3)31-16-18-32-19-17-31/h7-9,20H,5-6,10-19,21H2,1-4H3,(H2,26,27,28). The predicted octanol–water partition coefficient (Wildman–Crippen LogP) is 2.17. The lowest BCUT2D eigenvalue weighted by Gasteiger charge is -2.41. The van der Waals surface area contributed by atoms with Gasteiger partial charge in [0.25, 0.3) is 0 Å². The summed E-state index contributed by atoms with van der Waals surface area (Å²) in [5.74, 6) is 0.901. The number of nitrogens with one attached hydrogen (secondary N) is 2. The molecule has 32 heavy (non-hydrogen) atoms. The van der Waals surface area contributed by atoms with Crippen molar-refractivity contribution in [3.8, 4) is 0 Å². The number of aliphatic imine (C=N–C) groups is 1. The van der Waals surface area contributed by atoms with Gasteiger partial charge in [-0.05, 0) is 57.9 Å². The van der Waals surface area contributed by atoms with E-state index in [4.69, 9.17) is 4.74 Å². The fourth-order valence-electron chi connectivity index (χ4n) is 4.52. The van der Waals surface area contributed by atoms with E-state index in [1.54, 1.807) is 0 Å². The van der Waals surface area contributed by atoms with E-state index in [2.05, 4.69) is 75.4 Å². The number of piperazine rings is 1. The average molecular weight is 445 g/mol. The lowest BCUT2D eigenvalue weighted by atomic mass is 10.0. The minimum Gasteiger partial charge on any atom is -0.379 e. The number of anilines is 1. The molecule has 0 saturated carbocycles. The molecule has 0 amide bonds. The Morgan fingerprint density at radius 2 is 1.78 bits per heavy atom. The molecule has 1 aromatic rings. The fourth-order valence-corrected chi connectivity index (χ4v) is 4.52. The quantitative estimate of drug-likeness (QED) is 0.346. The highest BCUT2D eigenvalue weighted by atomic mass is 16.5. The second-order valence-electron chi connectivity index (χ2n) is 9.64. The maximum absolute atomic E-state index is 5.49. The van der Waals surface area contributed by atoms with E-state index in [0.29, 0.717) is 0 Å². The first kappa shape index (κ1) is 24.8. The molecule has 180 valence electrons. The van der Waals surface area contributed by atoms with Gasteiger partial charge in [-0.15, -0.1) is 0 Å². The summed E-state index contributed by atoms with van der Waals surface area (Å²) in [7, 11) is 1.85. The van der Waals surface area contributed by atoms with Crippen LogP contribution in [0.15, 0.2) is 29.3 Å². The second kappa shape index (κ2) is 12.4. The smallest absolute Gasteiger partial charge is 0.191 e. The molecule has 2 saturated heterocycles. The summed E-state index contributed by atoms with van der Waals surface area (Å²) < 4.78 is 5.49. The summed E-state index contributed by atoms with van der Waals surface area (Å²) >= 11 is 0. The SMILES string of the molecule is CN=C(NCCCCN1CCN(c2cccc(C)c2)CC1)NCC(C)(C)N1CCOCC1. The Morgan fingerprint density at radius 3 is 2.47 bits per heavy atom. The first-order chi connectivity index (χ1) is 15.5. The highest BCUT2D eigenvalue weighted by molar-refractivity contribution is 5.79. The van der Waals surface area contributed by atoms with Gasteiger partial charge in [0.05, 0.1) is 13.2 Å². The minimum atomic E-state index is 0.0853. The van der Waals surface area contributed by atoms with Gasteiger partial charge < -0.3 is 20.3 Å². The highest BCUT2D eigenvalue weighted by Gasteiger charge is 2.28. The van der Waals surface area contributed by atoms with Crippen LogP contribution in [0.25, 0.3) is 0 Å². The zero-order valence-corrected chi connectivity index (χ0v) is 20.7. The van der Waals surface area contributed by atoms with E-state index in [0.717, 1.165) is 78.0 Å². The highest BCUT2D eigenvalue weighted by Crippen LogP contribution is 2.18. The number of hydrogen-bond acceptors (Lipinski definition) is 5. The summed E-state index contributed by atoms with van der Waals surface area (Å²) in [5, 5.41) is 7.00. The number of aryl methyl sites for hydroxylation is 1. The molecular formula is C25H44N6O. The van der Waals surface area contributed by atoms with Crippen LogP contribution < -0.4 is 15.5 Å². The monoisotopic (exact) mass is 444 g/mol. The van der Waals surface area contributed by atoms with Crippen LogP contribution in [0.4, 0.5) is 5.69 Å². The van der Waals surface area contributed by atoms with Gasteiger partial charge in [-0.25, -0.2) is 0 Å². The van der Waals surface area contributed by atoms with Gasteiger partial charge in [0.2, 0.25) is 0 Å². The topological polar surface area (TPSA) is 55.4 Å². The van der Waals surface area contributed by atoms with Crippen LogP contribution in [0.1, 0.15) is 32.3 Å². The van der Waals surface area contributed by atoms with Crippen molar-refractivity contribution in [3.05, 3.63) is 29.8 Å². The van der Waals surface area contributed by atoms with Gasteiger partial charge in [-0.2, -0.15) is 0 Å². The molecule has 0 bridgehead atoms. The molecule has 7 nitrogen and oxygen atoms in total. The number of morpholine rings is 1. The van der Waals surface area contributed by atoms with Crippen molar-refractivity contribution in [1.29, 1.82) is 0 Å². The Labute approximate surface area is 195 Å². The van der Waals surface area contributed by atoms with Gasteiger partial charge in [-0.1, -0.05) is 12.1 Å². The van der Waals surface area contributed by atoms with Crippen LogP contribution in [0.2, 0.25) is 0 Å². The van der Waals surface area contributed by atoms with Gasteiger partial charge in [0.15, 0.2) is 5.96 Å². The molecular weight excluding hydrogens is 400 g/mol. The molecule has 0 aromatic heterocycles. The minimum absolute atomic E-state index is 0.0853. The number of guanidine groups is 1. The molecule has 0 unspecified atom stereocenters. The van der Waals surface area contributed by atoms with Gasteiger partial charge in [0.1, 0.15) is 0 Å². The summed E-state index contributed by atoms with van der Waals surface area (Å²) in [5.41, 5.74) is 2.79. The molecule has 0 aliphatic carbocycles. The summed E-state index contributed by atoms with van der Waals surface area (Å²) in [6, 6.07) is 8.86. The molecule has 2 N–H and O–H groups in total. The van der Waals surface area contributed by atoms with Crippen LogP contribution >= 0.6 is 0 Å². The number of ether oxygens (including phenoxy) is 1. The Morgan fingerprint density at radius 1 is 1.03 bits per heavy atom. The largest absolute Gasteiger partial charge is 0.379 e. The molecule has 2 fully saturated rings. The predicted molar refractivity (Wildman–Crippen MR) is 135 cm³/mol. The van der Waals surface area contributed by atoms with Crippen molar-refractivity contribution < 1.29 is 4.74 Å². The van der Waals surface area contributed by atoms with E-state index in [1.807, 2.05) is 7.05 Å². The van der Waals surface area contributed by atoms with E-state index < -0.39 is 0 Å². The first-order valence-corrected chi connectivity index (χ1v) is 12.3. The molecule has 0 radical (unpaired) electrons. The van der Waals surface area contributed by atoms with Crippen molar-refractivity contribution in [1.82, 2.24) is 20.4 Å². The normalized spacial score (nSPS) is 19.2. The van der Waals surface area contributed by atoms with Gasteiger partial charge in [0, 0.05) is 70.6 Å². The lowest BCUT2D eigenvalue weighted by molar-refractivity contribution is -0.00833. The van der Waals surface area contributed by atoms with Crippen LogP contribution in [0, 0.1) is 6.92 Å². The molecule has 2 heterocycles. The number of hydrogen-bond donors (Lipinski definition) is 2. The molecule has 0 spiro atoms. The van der Waals surface area contributed by atoms with Crippen LogP contribution in [0.5, 0.6) is 0 Å². The van der Waals surface area contributed by atoms with E-state index in [-0.39, 0.29) is 5.54 Å². The van der Waals surface area contributed by atoms with Crippen molar-refractivity contribution in [3.63, 3.8) is 0 Å². The summed E-state index contributed by atoms with van der Waals surface area (Å²) in [6.45, 7) is 18.0. The maximum Gasteiger partial charge on any atom is 0.191 e. The molecule has 1 aromatic carbocycles. The molecule has 2 aliphatic heterocycles. The number of unbranched alkanes of at least 4 members (excludes halogenated alkanes) is 1. The number of nitrogens with zero attached hydrogens (tertiary/aromatic N) is 4. The fraction of sp³-hybridized carbons (Fsp3) is 0.720. The summed E-state index contributed by atoms with van der Waals surface area (Å²) in [6.07, 6.45) is 2.37. The van der Waals surface area contributed by atoms with Crippen molar-refractivity contribution in [2.75, 3.05) is 84.1 Å². The van der Waals surface area contributed by atoms with Crippen molar-refractivity contribution in [2.24, 2.45) is 4.99 Å². The van der Waals surface area contributed by atoms with Crippen LogP contribution in [-0.2, 0) is 4.74 Å². The average Bonchev–Trinajstić information content (AvgIpc) is 2.82. The van der Waals surface area contributed by atoms with Crippen LogP contribution in [0.3, 0.4) is 0 Å². The first-order valence-electron chi connectivity index (χ1n) is 12.3. The lowest BCUT2D eigenvalue weighted by Crippen LogP contribution is -2.56. The van der Waals surface area contributed by atoms with Gasteiger partial charge >= 0.3 is 0 Å². The van der Waals surface area contributed by atoms with Crippen molar-refractivity contribution >= 4 is 11.6 Å². The maximum atomic E-state index is 5.49. The van der Waals surface area contributed by atoms with E-state index >= 15 is 0 Å². The zero-order valence-electron chi connectivity index (χ0n) is 20.7. The second-order valence-corrected chi connectivity index (χ2v) is 9.64. The van der Waals surface area contributed by atoms with Crippen molar-refractivity contribution in [2.45, 2.75) is 39.2 Å². The molecule has 0 atom stereocenters. The number of benzene rings is 1. The van der Waals surface area contributed by atoms with Gasteiger partial charge in [-0.3, -0.25) is 14.8 Å². The van der Waals surface area contributed by atoms with E-state index in [9.17, 15) is 0 Å². The summed E-state index contributed by atoms with van der Waals surface area (Å²) in [4.78, 5) is 12.0. The Hall–Kier alpha value is -1.83. The zero-order chi connectivity index (χ0) is 22.8. The molecule has 2 aliphatic rings. The Kier molecular flexibility index (Phi) is 9.63. The Bertz CT molecular complexity index is 708.